The van der Waals surface area contributed by atoms with Gasteiger partial charge in [-0.1, -0.05) is 20.8 Å². The molecule has 0 spiro atoms. The second-order valence-corrected chi connectivity index (χ2v) is 6.97. The maximum atomic E-state index is 12.3. The van der Waals surface area contributed by atoms with Gasteiger partial charge in [0.15, 0.2) is 0 Å². The Morgan fingerprint density at radius 1 is 1.50 bits per heavy atom. The predicted octanol–water partition coefficient (Wildman–Crippen LogP) is 2.27. The lowest BCUT2D eigenvalue weighted by Gasteiger charge is -2.36. The van der Waals surface area contributed by atoms with Crippen LogP contribution < -0.4 is 10.6 Å². The number of carbonyl (C=O) groups is 1. The van der Waals surface area contributed by atoms with E-state index in [2.05, 4.69) is 31.4 Å². The molecule has 0 aromatic rings. The summed E-state index contributed by atoms with van der Waals surface area (Å²) < 4.78 is 0. The topological polar surface area (TPSA) is 41.1 Å². The Kier molecular flexibility index (Phi) is 7.08. The van der Waals surface area contributed by atoms with Crippen LogP contribution in [0.3, 0.4) is 0 Å². The number of carbonyl (C=O) groups excluding carboxylic acids is 1. The zero-order valence-corrected chi connectivity index (χ0v) is 12.9. The van der Waals surface area contributed by atoms with Crippen LogP contribution in [0.25, 0.3) is 0 Å². The van der Waals surface area contributed by atoms with Gasteiger partial charge >= 0.3 is 0 Å². The van der Waals surface area contributed by atoms with Crippen molar-refractivity contribution in [1.82, 2.24) is 10.6 Å². The number of nitrogens with one attached hydrogen (secondary N) is 2. The zero-order chi connectivity index (χ0) is 13.4. The summed E-state index contributed by atoms with van der Waals surface area (Å²) in [4.78, 5) is 12.3. The van der Waals surface area contributed by atoms with Crippen LogP contribution in [0.1, 0.15) is 40.0 Å². The molecule has 0 saturated carbocycles. The van der Waals surface area contributed by atoms with Crippen molar-refractivity contribution in [3.05, 3.63) is 0 Å². The van der Waals surface area contributed by atoms with E-state index in [-0.39, 0.29) is 11.3 Å². The molecule has 0 aliphatic carbocycles. The van der Waals surface area contributed by atoms with E-state index in [0.717, 1.165) is 37.6 Å². The van der Waals surface area contributed by atoms with Gasteiger partial charge in [0.1, 0.15) is 0 Å². The van der Waals surface area contributed by atoms with Crippen molar-refractivity contribution >= 4 is 17.7 Å². The average molecular weight is 272 g/mol. The summed E-state index contributed by atoms with van der Waals surface area (Å²) in [5.41, 5.74) is -0.245. The van der Waals surface area contributed by atoms with Crippen molar-refractivity contribution in [1.29, 1.82) is 0 Å². The normalized spacial score (nSPS) is 20.7. The first-order chi connectivity index (χ1) is 8.59. The summed E-state index contributed by atoms with van der Waals surface area (Å²) in [6.45, 7) is 9.23. The second-order valence-electron chi connectivity index (χ2n) is 5.57. The molecule has 1 aliphatic rings. The molecule has 1 heterocycles. The van der Waals surface area contributed by atoms with Crippen molar-refractivity contribution in [2.75, 3.05) is 31.1 Å². The highest BCUT2D eigenvalue weighted by molar-refractivity contribution is 7.99. The standard InChI is InChI=1S/C14H28N2OS/c1-4-18-10-6-9-16-13(17)14(2,3)12-7-5-8-15-11-12/h12,15H,4-11H2,1-3H3,(H,16,17). The molecule has 1 atom stereocenters. The van der Waals surface area contributed by atoms with Crippen LogP contribution in [0.4, 0.5) is 0 Å². The van der Waals surface area contributed by atoms with Gasteiger partial charge in [-0.25, -0.2) is 0 Å². The lowest BCUT2D eigenvalue weighted by atomic mass is 9.74. The lowest BCUT2D eigenvalue weighted by molar-refractivity contribution is -0.132. The molecule has 0 aromatic heterocycles. The molecule has 1 saturated heterocycles. The maximum absolute atomic E-state index is 12.3. The summed E-state index contributed by atoms with van der Waals surface area (Å²) in [6.07, 6.45) is 3.43. The first-order valence-electron chi connectivity index (χ1n) is 7.15. The van der Waals surface area contributed by atoms with Gasteiger partial charge in [-0.15, -0.1) is 0 Å². The van der Waals surface area contributed by atoms with Crippen molar-refractivity contribution in [3.63, 3.8) is 0 Å². The van der Waals surface area contributed by atoms with E-state index < -0.39 is 0 Å². The van der Waals surface area contributed by atoms with E-state index in [1.807, 2.05) is 11.8 Å². The van der Waals surface area contributed by atoms with Gasteiger partial charge in [0.05, 0.1) is 0 Å². The molecule has 1 fully saturated rings. The minimum absolute atomic E-state index is 0.220. The summed E-state index contributed by atoms with van der Waals surface area (Å²) in [5.74, 6) is 2.99. The van der Waals surface area contributed by atoms with E-state index in [4.69, 9.17) is 0 Å². The molecule has 0 aromatic carbocycles. The molecule has 18 heavy (non-hydrogen) atoms. The molecule has 1 amide bonds. The van der Waals surface area contributed by atoms with Crippen LogP contribution >= 0.6 is 11.8 Å². The highest BCUT2D eigenvalue weighted by Crippen LogP contribution is 2.31. The SMILES string of the molecule is CCSCCCNC(=O)C(C)(C)C1CCCNC1. The Bertz CT molecular complexity index is 250. The minimum atomic E-state index is -0.245. The fraction of sp³-hybridized carbons (Fsp3) is 0.929. The molecule has 0 bridgehead atoms. The van der Waals surface area contributed by atoms with Gasteiger partial charge in [-0.05, 0) is 49.8 Å². The molecular weight excluding hydrogens is 244 g/mol. The average Bonchev–Trinajstić information content (AvgIpc) is 2.39. The molecule has 1 aliphatic heterocycles. The van der Waals surface area contributed by atoms with Crippen LogP contribution in [0.15, 0.2) is 0 Å². The summed E-state index contributed by atoms with van der Waals surface area (Å²) in [5, 5.41) is 6.50. The van der Waals surface area contributed by atoms with Crippen molar-refractivity contribution in [2.45, 2.75) is 40.0 Å². The van der Waals surface area contributed by atoms with E-state index >= 15 is 0 Å². The monoisotopic (exact) mass is 272 g/mol. The van der Waals surface area contributed by atoms with Gasteiger partial charge in [0.2, 0.25) is 5.91 Å². The van der Waals surface area contributed by atoms with Crippen molar-refractivity contribution in [3.8, 4) is 0 Å². The molecule has 2 N–H and O–H groups in total. The number of hydrogen-bond acceptors (Lipinski definition) is 3. The van der Waals surface area contributed by atoms with Gasteiger partial charge in [-0.3, -0.25) is 4.79 Å². The van der Waals surface area contributed by atoms with Crippen LogP contribution in [-0.2, 0) is 4.79 Å². The highest BCUT2D eigenvalue weighted by atomic mass is 32.2. The molecule has 1 rings (SSSR count). The Morgan fingerprint density at radius 2 is 2.28 bits per heavy atom. The lowest BCUT2D eigenvalue weighted by Crippen LogP contribution is -2.47. The first kappa shape index (κ1) is 15.8. The highest BCUT2D eigenvalue weighted by Gasteiger charge is 2.36. The fourth-order valence-corrected chi connectivity index (χ4v) is 3.04. The number of hydrogen-bond donors (Lipinski definition) is 2. The van der Waals surface area contributed by atoms with Crippen LogP contribution in [0, 0.1) is 11.3 Å². The van der Waals surface area contributed by atoms with E-state index in [0.29, 0.717) is 5.92 Å². The van der Waals surface area contributed by atoms with E-state index in [1.165, 1.54) is 12.8 Å². The maximum Gasteiger partial charge on any atom is 0.225 e. The van der Waals surface area contributed by atoms with Crippen molar-refractivity contribution in [2.24, 2.45) is 11.3 Å². The van der Waals surface area contributed by atoms with Crippen molar-refractivity contribution < 1.29 is 4.79 Å². The summed E-state index contributed by atoms with van der Waals surface area (Å²) >= 11 is 1.93. The molecule has 1 unspecified atom stereocenters. The fourth-order valence-electron chi connectivity index (χ4n) is 2.40. The predicted molar refractivity (Wildman–Crippen MR) is 80.0 cm³/mol. The number of thioether (sulfide) groups is 1. The molecule has 0 radical (unpaired) electrons. The Morgan fingerprint density at radius 3 is 2.89 bits per heavy atom. The van der Waals surface area contributed by atoms with Gasteiger partial charge in [0.25, 0.3) is 0 Å². The third kappa shape index (κ3) is 4.81. The van der Waals surface area contributed by atoms with E-state index in [1.54, 1.807) is 0 Å². The Labute approximate surface area is 116 Å². The third-order valence-electron chi connectivity index (χ3n) is 3.86. The number of piperidine rings is 1. The first-order valence-corrected chi connectivity index (χ1v) is 8.31. The molecular formula is C14H28N2OS. The smallest absolute Gasteiger partial charge is 0.225 e. The third-order valence-corrected chi connectivity index (χ3v) is 4.84. The van der Waals surface area contributed by atoms with Gasteiger partial charge < -0.3 is 10.6 Å². The van der Waals surface area contributed by atoms with Gasteiger partial charge in [-0.2, -0.15) is 11.8 Å². The van der Waals surface area contributed by atoms with Gasteiger partial charge in [0, 0.05) is 12.0 Å². The summed E-state index contributed by atoms with van der Waals surface area (Å²) in [6, 6.07) is 0. The Hall–Kier alpha value is -0.220. The minimum Gasteiger partial charge on any atom is -0.356 e. The molecule has 4 heteroatoms. The molecule has 3 nitrogen and oxygen atoms in total. The largest absolute Gasteiger partial charge is 0.356 e. The number of amides is 1. The van der Waals surface area contributed by atoms with E-state index in [9.17, 15) is 4.79 Å². The zero-order valence-electron chi connectivity index (χ0n) is 12.1. The second kappa shape index (κ2) is 8.05. The van der Waals surface area contributed by atoms with Crippen LogP contribution in [-0.4, -0.2) is 37.0 Å². The Balaban J connectivity index is 2.29. The van der Waals surface area contributed by atoms with Crippen LogP contribution in [0.5, 0.6) is 0 Å². The summed E-state index contributed by atoms with van der Waals surface area (Å²) in [7, 11) is 0. The quantitative estimate of drug-likeness (QED) is 0.699. The van der Waals surface area contributed by atoms with Crippen LogP contribution in [0.2, 0.25) is 0 Å². The molecule has 106 valence electrons. The number of rotatable bonds is 7.